The lowest BCUT2D eigenvalue weighted by Gasteiger charge is -2.51. The van der Waals surface area contributed by atoms with Gasteiger partial charge in [-0.2, -0.15) is 0 Å². The molecule has 0 saturated carbocycles. The highest BCUT2D eigenvalue weighted by molar-refractivity contribution is 5.25. The molecule has 2 nitrogen and oxygen atoms in total. The maximum Gasteiger partial charge on any atom is 0.0535 e. The van der Waals surface area contributed by atoms with Gasteiger partial charge in [-0.05, 0) is 31.7 Å². The third-order valence-electron chi connectivity index (χ3n) is 5.46. The minimum atomic E-state index is 0.0737. The van der Waals surface area contributed by atoms with Crippen LogP contribution in [0.15, 0.2) is 30.3 Å². The van der Waals surface area contributed by atoms with Crippen molar-refractivity contribution in [1.82, 2.24) is 10.2 Å². The van der Waals surface area contributed by atoms with Gasteiger partial charge in [0.25, 0.3) is 0 Å². The predicted molar refractivity (Wildman–Crippen MR) is 87.0 cm³/mol. The molecule has 1 saturated heterocycles. The highest BCUT2D eigenvalue weighted by Crippen LogP contribution is 2.33. The zero-order chi connectivity index (χ0) is 14.6. The topological polar surface area (TPSA) is 15.3 Å². The van der Waals surface area contributed by atoms with E-state index < -0.39 is 0 Å². The molecule has 1 aliphatic rings. The smallest absolute Gasteiger partial charge is 0.0535 e. The molecule has 20 heavy (non-hydrogen) atoms. The second-order valence-corrected chi connectivity index (χ2v) is 6.33. The van der Waals surface area contributed by atoms with Crippen molar-refractivity contribution >= 4 is 0 Å². The van der Waals surface area contributed by atoms with Gasteiger partial charge in [0.2, 0.25) is 0 Å². The molecule has 2 rings (SSSR count). The van der Waals surface area contributed by atoms with Crippen molar-refractivity contribution in [2.45, 2.75) is 58.0 Å². The summed E-state index contributed by atoms with van der Waals surface area (Å²) in [6.45, 7) is 12.7. The molecule has 1 heterocycles. The van der Waals surface area contributed by atoms with E-state index in [9.17, 15) is 0 Å². The first-order chi connectivity index (χ1) is 9.60. The summed E-state index contributed by atoms with van der Waals surface area (Å²) in [6.07, 6.45) is 3.72. The molecule has 0 aromatic heterocycles. The largest absolute Gasteiger partial charge is 0.305 e. The molecule has 0 bridgehead atoms. The zero-order valence-corrected chi connectivity index (χ0v) is 13.6. The van der Waals surface area contributed by atoms with Crippen LogP contribution in [0, 0.1) is 0 Å². The molecule has 112 valence electrons. The Morgan fingerprint density at radius 2 is 1.70 bits per heavy atom. The van der Waals surface area contributed by atoms with Crippen molar-refractivity contribution in [3.8, 4) is 0 Å². The van der Waals surface area contributed by atoms with Crippen LogP contribution in [0.3, 0.4) is 0 Å². The average molecular weight is 274 g/mol. The molecular formula is C18H30N2. The van der Waals surface area contributed by atoms with Crippen LogP contribution in [0.4, 0.5) is 0 Å². The predicted octanol–water partition coefficient (Wildman–Crippen LogP) is 3.78. The van der Waals surface area contributed by atoms with Crippen molar-refractivity contribution in [1.29, 1.82) is 0 Å². The first-order valence-electron chi connectivity index (χ1n) is 8.16. The van der Waals surface area contributed by atoms with Crippen LogP contribution in [-0.2, 0) is 5.54 Å². The van der Waals surface area contributed by atoms with Gasteiger partial charge in [-0.3, -0.25) is 4.90 Å². The lowest BCUT2D eigenvalue weighted by molar-refractivity contribution is 0.0195. The fraction of sp³-hybridized carbons (Fsp3) is 0.667. The quantitative estimate of drug-likeness (QED) is 0.879. The summed E-state index contributed by atoms with van der Waals surface area (Å²) in [5.41, 5.74) is 1.85. The molecular weight excluding hydrogens is 244 g/mol. The van der Waals surface area contributed by atoms with Gasteiger partial charge in [0.05, 0.1) is 5.54 Å². The Bertz CT molecular complexity index is 402. The normalized spacial score (nSPS) is 24.8. The summed E-state index contributed by atoms with van der Waals surface area (Å²) in [7, 11) is 0. The van der Waals surface area contributed by atoms with E-state index in [-0.39, 0.29) is 5.54 Å². The van der Waals surface area contributed by atoms with E-state index in [1.54, 1.807) is 0 Å². The lowest BCUT2D eigenvalue weighted by atomic mass is 9.82. The number of piperazine rings is 1. The van der Waals surface area contributed by atoms with Gasteiger partial charge in [-0.25, -0.2) is 0 Å². The van der Waals surface area contributed by atoms with Crippen LogP contribution in [-0.4, -0.2) is 30.1 Å². The molecule has 0 aliphatic carbocycles. The third-order valence-corrected chi connectivity index (χ3v) is 5.46. The van der Waals surface area contributed by atoms with E-state index in [2.05, 4.69) is 68.2 Å². The van der Waals surface area contributed by atoms with Gasteiger partial charge >= 0.3 is 0 Å². The average Bonchev–Trinajstić information content (AvgIpc) is 2.51. The van der Waals surface area contributed by atoms with E-state index in [0.717, 1.165) is 19.6 Å². The molecule has 0 spiro atoms. The molecule has 1 N–H and O–H groups in total. The van der Waals surface area contributed by atoms with Gasteiger partial charge in [0.1, 0.15) is 0 Å². The molecule has 1 atom stereocenters. The summed E-state index contributed by atoms with van der Waals surface area (Å²) < 4.78 is 0. The summed E-state index contributed by atoms with van der Waals surface area (Å²) in [6, 6.07) is 10.9. The minimum Gasteiger partial charge on any atom is -0.305 e. The fourth-order valence-corrected chi connectivity index (χ4v) is 3.81. The summed E-state index contributed by atoms with van der Waals surface area (Å²) in [5.74, 6) is 0. The Morgan fingerprint density at radius 3 is 2.25 bits per heavy atom. The SMILES string of the molecule is CCC(CC)(CC)N1CCNC(C)(c2ccccc2)C1. The molecule has 1 aromatic rings. The molecule has 1 aromatic carbocycles. The van der Waals surface area contributed by atoms with Crippen molar-refractivity contribution in [2.24, 2.45) is 0 Å². The Balaban J connectivity index is 2.24. The minimum absolute atomic E-state index is 0.0737. The number of hydrogen-bond donors (Lipinski definition) is 1. The summed E-state index contributed by atoms with van der Waals surface area (Å²) in [4.78, 5) is 2.73. The van der Waals surface area contributed by atoms with Crippen LogP contribution >= 0.6 is 0 Å². The number of nitrogens with one attached hydrogen (secondary N) is 1. The first-order valence-corrected chi connectivity index (χ1v) is 8.16. The second-order valence-electron chi connectivity index (χ2n) is 6.33. The maximum atomic E-state index is 3.74. The maximum absolute atomic E-state index is 3.74. The van der Waals surface area contributed by atoms with Crippen LogP contribution in [0.2, 0.25) is 0 Å². The van der Waals surface area contributed by atoms with E-state index in [1.807, 2.05) is 0 Å². The Kier molecular flexibility index (Phi) is 4.87. The molecule has 2 heteroatoms. The van der Waals surface area contributed by atoms with Crippen LogP contribution in [0.5, 0.6) is 0 Å². The number of rotatable bonds is 5. The van der Waals surface area contributed by atoms with E-state index in [4.69, 9.17) is 0 Å². The molecule has 1 fully saturated rings. The molecule has 1 aliphatic heterocycles. The van der Waals surface area contributed by atoms with E-state index in [0.29, 0.717) is 5.54 Å². The molecule has 0 amide bonds. The lowest BCUT2D eigenvalue weighted by Crippen LogP contribution is -2.62. The van der Waals surface area contributed by atoms with Gasteiger partial charge in [0.15, 0.2) is 0 Å². The third kappa shape index (κ3) is 2.77. The highest BCUT2D eigenvalue weighted by atomic mass is 15.3. The number of hydrogen-bond acceptors (Lipinski definition) is 2. The monoisotopic (exact) mass is 274 g/mol. The van der Waals surface area contributed by atoms with Gasteiger partial charge in [-0.15, -0.1) is 0 Å². The van der Waals surface area contributed by atoms with Crippen LogP contribution in [0.1, 0.15) is 52.5 Å². The van der Waals surface area contributed by atoms with Gasteiger partial charge in [-0.1, -0.05) is 51.1 Å². The Hall–Kier alpha value is -0.860. The fourth-order valence-electron chi connectivity index (χ4n) is 3.81. The van der Waals surface area contributed by atoms with Crippen molar-refractivity contribution in [2.75, 3.05) is 19.6 Å². The zero-order valence-electron chi connectivity index (χ0n) is 13.6. The summed E-state index contributed by atoms with van der Waals surface area (Å²) in [5, 5.41) is 3.74. The van der Waals surface area contributed by atoms with Gasteiger partial charge < -0.3 is 5.32 Å². The van der Waals surface area contributed by atoms with Crippen LogP contribution < -0.4 is 5.32 Å². The number of benzene rings is 1. The van der Waals surface area contributed by atoms with Crippen LogP contribution in [0.25, 0.3) is 0 Å². The van der Waals surface area contributed by atoms with Crippen molar-refractivity contribution < 1.29 is 0 Å². The first kappa shape index (κ1) is 15.5. The Morgan fingerprint density at radius 1 is 1.10 bits per heavy atom. The van der Waals surface area contributed by atoms with E-state index >= 15 is 0 Å². The standard InChI is InChI=1S/C18H30N2/c1-5-18(6-2,7-3)20-14-13-19-17(4,15-20)16-11-9-8-10-12-16/h8-12,19H,5-7,13-15H2,1-4H3. The highest BCUT2D eigenvalue weighted by Gasteiger charge is 2.40. The van der Waals surface area contributed by atoms with Crippen molar-refractivity contribution in [3.63, 3.8) is 0 Å². The second kappa shape index (κ2) is 6.28. The van der Waals surface area contributed by atoms with Gasteiger partial charge in [0, 0.05) is 25.2 Å². The van der Waals surface area contributed by atoms with Crippen molar-refractivity contribution in [3.05, 3.63) is 35.9 Å². The summed E-state index contributed by atoms with van der Waals surface area (Å²) >= 11 is 0. The Labute approximate surface area is 124 Å². The number of nitrogens with zero attached hydrogens (tertiary/aromatic N) is 1. The molecule has 1 unspecified atom stereocenters. The molecule has 0 radical (unpaired) electrons. The van der Waals surface area contributed by atoms with E-state index in [1.165, 1.54) is 24.8 Å².